The van der Waals surface area contributed by atoms with Crippen molar-refractivity contribution in [3.05, 3.63) is 0 Å². The van der Waals surface area contributed by atoms with Crippen LogP contribution in [-0.4, -0.2) is 29.9 Å². The van der Waals surface area contributed by atoms with E-state index in [-0.39, 0.29) is 4.87 Å². The van der Waals surface area contributed by atoms with Gasteiger partial charge in [0, 0.05) is 13.2 Å². The van der Waals surface area contributed by atoms with Crippen molar-refractivity contribution in [2.45, 2.75) is 56.0 Å². The Morgan fingerprint density at radius 1 is 1.36 bits per heavy atom. The Bertz CT molecular complexity index is 196. The Hall–Kier alpha value is 0.270. The number of thioether (sulfide) groups is 1. The zero-order chi connectivity index (χ0) is 10.0. The van der Waals surface area contributed by atoms with Gasteiger partial charge in [-0.25, -0.2) is 0 Å². The van der Waals surface area contributed by atoms with Crippen molar-refractivity contribution >= 4 is 11.8 Å². The lowest BCUT2D eigenvalue weighted by atomic mass is 9.90. The number of nitrogens with one attached hydrogen (secondary N) is 1. The number of rotatable bonds is 1. The highest BCUT2D eigenvalue weighted by atomic mass is 32.2. The van der Waals surface area contributed by atoms with E-state index >= 15 is 0 Å². The number of ether oxygens (including phenoxy) is 1. The third kappa shape index (κ3) is 1.95. The maximum absolute atomic E-state index is 5.65. The lowest BCUT2D eigenvalue weighted by Crippen LogP contribution is -2.59. The van der Waals surface area contributed by atoms with Crippen LogP contribution >= 0.6 is 11.8 Å². The van der Waals surface area contributed by atoms with Crippen LogP contribution in [0.15, 0.2) is 0 Å². The molecule has 1 saturated heterocycles. The van der Waals surface area contributed by atoms with E-state index in [1.54, 1.807) is 0 Å². The number of hydrogen-bond donors (Lipinski definition) is 1. The average molecular weight is 215 g/mol. The maximum Gasteiger partial charge on any atom is 0.0911 e. The van der Waals surface area contributed by atoms with Gasteiger partial charge < -0.3 is 4.74 Å². The van der Waals surface area contributed by atoms with Crippen molar-refractivity contribution in [3.63, 3.8) is 0 Å². The van der Waals surface area contributed by atoms with Gasteiger partial charge in [-0.15, -0.1) is 11.8 Å². The van der Waals surface area contributed by atoms with Gasteiger partial charge in [0.15, 0.2) is 0 Å². The van der Waals surface area contributed by atoms with Gasteiger partial charge in [-0.2, -0.15) is 0 Å². The molecule has 2 rings (SSSR count). The summed E-state index contributed by atoms with van der Waals surface area (Å²) in [6.07, 6.45) is 6.90. The Morgan fingerprint density at radius 2 is 2.21 bits per heavy atom. The Kier molecular flexibility index (Phi) is 3.40. The summed E-state index contributed by atoms with van der Waals surface area (Å²) in [5.74, 6) is 1.29. The standard InChI is InChI=1S/C11H21NOS/c1-9-6-8-14-11(12-9)7-4-3-5-10(11)13-2/h9-10,12H,3-8H2,1-2H3. The van der Waals surface area contributed by atoms with E-state index in [9.17, 15) is 0 Å². The van der Waals surface area contributed by atoms with Crippen LogP contribution in [-0.2, 0) is 4.74 Å². The molecule has 1 heterocycles. The van der Waals surface area contributed by atoms with E-state index in [4.69, 9.17) is 4.74 Å². The molecule has 0 aromatic rings. The highest BCUT2D eigenvalue weighted by molar-refractivity contribution is 8.00. The zero-order valence-corrected chi connectivity index (χ0v) is 10.0. The van der Waals surface area contributed by atoms with Crippen molar-refractivity contribution in [2.24, 2.45) is 0 Å². The number of hydrogen-bond acceptors (Lipinski definition) is 3. The van der Waals surface area contributed by atoms with E-state index in [0.717, 1.165) is 0 Å². The number of methoxy groups -OCH3 is 1. The average Bonchev–Trinajstić information content (AvgIpc) is 2.18. The summed E-state index contributed by atoms with van der Waals surface area (Å²) >= 11 is 2.09. The Balaban J connectivity index is 2.09. The van der Waals surface area contributed by atoms with Crippen molar-refractivity contribution in [1.82, 2.24) is 5.32 Å². The minimum absolute atomic E-state index is 0.241. The van der Waals surface area contributed by atoms with Crippen LogP contribution in [0.1, 0.15) is 39.0 Å². The minimum atomic E-state index is 0.241. The van der Waals surface area contributed by atoms with E-state index in [1.165, 1.54) is 37.9 Å². The molecule has 1 saturated carbocycles. The van der Waals surface area contributed by atoms with Crippen molar-refractivity contribution < 1.29 is 4.74 Å². The lowest BCUT2D eigenvalue weighted by molar-refractivity contribution is 0.0222. The summed E-state index contributed by atoms with van der Waals surface area (Å²) < 4.78 is 5.65. The molecule has 0 amide bonds. The summed E-state index contributed by atoms with van der Waals surface area (Å²) in [5.41, 5.74) is 0. The van der Waals surface area contributed by atoms with Gasteiger partial charge in [0.25, 0.3) is 0 Å². The van der Waals surface area contributed by atoms with Gasteiger partial charge in [0.1, 0.15) is 0 Å². The summed E-state index contributed by atoms with van der Waals surface area (Å²) in [6.45, 7) is 2.29. The second-order valence-electron chi connectivity index (χ2n) is 4.54. The van der Waals surface area contributed by atoms with Crippen LogP contribution in [0.25, 0.3) is 0 Å². The third-order valence-electron chi connectivity index (χ3n) is 3.47. The summed E-state index contributed by atoms with van der Waals surface area (Å²) in [5, 5.41) is 3.77. The molecule has 0 radical (unpaired) electrons. The Morgan fingerprint density at radius 3 is 2.93 bits per heavy atom. The molecule has 1 aliphatic carbocycles. The van der Waals surface area contributed by atoms with Crippen molar-refractivity contribution in [3.8, 4) is 0 Å². The van der Waals surface area contributed by atoms with Gasteiger partial charge in [0.05, 0.1) is 11.0 Å². The van der Waals surface area contributed by atoms with Crippen LogP contribution in [0.5, 0.6) is 0 Å². The molecular formula is C11H21NOS. The highest BCUT2D eigenvalue weighted by Gasteiger charge is 2.43. The molecule has 0 bridgehead atoms. The molecule has 1 N–H and O–H groups in total. The second-order valence-corrected chi connectivity index (χ2v) is 5.97. The van der Waals surface area contributed by atoms with Crippen molar-refractivity contribution in [1.29, 1.82) is 0 Å². The molecule has 2 nitrogen and oxygen atoms in total. The molecule has 1 spiro atoms. The molecule has 3 heteroatoms. The second kappa shape index (κ2) is 4.42. The molecule has 82 valence electrons. The molecule has 3 atom stereocenters. The molecule has 0 aromatic heterocycles. The Labute approximate surface area is 91.2 Å². The first-order valence-corrected chi connectivity index (χ1v) is 6.70. The van der Waals surface area contributed by atoms with Crippen LogP contribution in [0.2, 0.25) is 0 Å². The van der Waals surface area contributed by atoms with E-state index in [1.807, 2.05) is 7.11 Å². The first-order chi connectivity index (χ1) is 6.77. The highest BCUT2D eigenvalue weighted by Crippen LogP contribution is 2.42. The first kappa shape index (κ1) is 10.8. The van der Waals surface area contributed by atoms with Gasteiger partial charge in [0.2, 0.25) is 0 Å². The van der Waals surface area contributed by atoms with E-state index in [2.05, 4.69) is 24.0 Å². The molecule has 0 aromatic carbocycles. The molecule has 3 unspecified atom stereocenters. The SMILES string of the molecule is COC1CCCCC12NC(C)CCS2. The van der Waals surface area contributed by atoms with Crippen LogP contribution in [0, 0.1) is 0 Å². The maximum atomic E-state index is 5.65. The third-order valence-corrected chi connectivity index (χ3v) is 5.01. The monoisotopic (exact) mass is 215 g/mol. The fraction of sp³-hybridized carbons (Fsp3) is 1.00. The van der Waals surface area contributed by atoms with Crippen LogP contribution in [0.4, 0.5) is 0 Å². The van der Waals surface area contributed by atoms with E-state index in [0.29, 0.717) is 12.1 Å². The zero-order valence-electron chi connectivity index (χ0n) is 9.21. The molecule has 2 fully saturated rings. The quantitative estimate of drug-likeness (QED) is 0.725. The van der Waals surface area contributed by atoms with Gasteiger partial charge >= 0.3 is 0 Å². The van der Waals surface area contributed by atoms with E-state index < -0.39 is 0 Å². The summed E-state index contributed by atoms with van der Waals surface area (Å²) in [6, 6.07) is 0.659. The van der Waals surface area contributed by atoms with Crippen molar-refractivity contribution in [2.75, 3.05) is 12.9 Å². The predicted octanol–water partition coefficient (Wildman–Crippen LogP) is 2.39. The molecule has 1 aliphatic heterocycles. The lowest BCUT2D eigenvalue weighted by Gasteiger charge is -2.48. The molecule has 2 aliphatic rings. The topological polar surface area (TPSA) is 21.3 Å². The van der Waals surface area contributed by atoms with Crippen LogP contribution in [0.3, 0.4) is 0 Å². The molecule has 14 heavy (non-hydrogen) atoms. The fourth-order valence-corrected chi connectivity index (χ4v) is 4.51. The summed E-state index contributed by atoms with van der Waals surface area (Å²) in [4.78, 5) is 0.241. The smallest absolute Gasteiger partial charge is 0.0911 e. The molecular weight excluding hydrogens is 194 g/mol. The largest absolute Gasteiger partial charge is 0.379 e. The minimum Gasteiger partial charge on any atom is -0.379 e. The van der Waals surface area contributed by atoms with Crippen LogP contribution < -0.4 is 5.32 Å². The predicted molar refractivity (Wildman–Crippen MR) is 61.7 cm³/mol. The fourth-order valence-electron chi connectivity index (χ4n) is 2.70. The normalized spacial score (nSPS) is 44.1. The first-order valence-electron chi connectivity index (χ1n) is 5.71. The van der Waals surface area contributed by atoms with Gasteiger partial charge in [-0.1, -0.05) is 12.8 Å². The summed E-state index contributed by atoms with van der Waals surface area (Å²) in [7, 11) is 1.86. The van der Waals surface area contributed by atoms with Gasteiger partial charge in [-0.05, 0) is 31.9 Å². The van der Waals surface area contributed by atoms with Gasteiger partial charge in [-0.3, -0.25) is 5.32 Å².